The normalized spacial score (nSPS) is 19.7. The molecule has 4 rings (SSSR count). The Morgan fingerprint density at radius 1 is 0.652 bits per heavy atom. The molecule has 112 valence electrons. The predicted octanol–water partition coefficient (Wildman–Crippen LogP) is 4.82. The van der Waals surface area contributed by atoms with Gasteiger partial charge in [0, 0.05) is 11.3 Å². The first-order valence-electron chi connectivity index (χ1n) is 7.84. The molecule has 0 aliphatic carbocycles. The fraction of sp³-hybridized carbons (Fsp3) is 0.0952. The Labute approximate surface area is 135 Å². The Morgan fingerprint density at radius 3 is 1.91 bits per heavy atom. The fourth-order valence-electron chi connectivity index (χ4n) is 3.33. The number of carbonyl (C=O) groups is 1. The van der Waals surface area contributed by atoms with Crippen LogP contribution in [0, 0.1) is 0 Å². The Kier molecular flexibility index (Phi) is 3.43. The first kappa shape index (κ1) is 13.8. The van der Waals surface area contributed by atoms with Crippen LogP contribution in [0.3, 0.4) is 0 Å². The average Bonchev–Trinajstić information content (AvgIpc) is 2.63. The summed E-state index contributed by atoms with van der Waals surface area (Å²) in [6, 6.07) is 27.9. The van der Waals surface area contributed by atoms with Crippen LogP contribution < -0.4 is 5.32 Å². The second-order valence-corrected chi connectivity index (χ2v) is 5.83. The summed E-state index contributed by atoms with van der Waals surface area (Å²) in [5.41, 5.74) is 3.87. The third-order valence-corrected chi connectivity index (χ3v) is 4.44. The summed E-state index contributed by atoms with van der Waals surface area (Å²) in [5.74, 6) is -0.0343. The highest BCUT2D eigenvalue weighted by molar-refractivity contribution is 6.07. The van der Waals surface area contributed by atoms with E-state index in [4.69, 9.17) is 0 Å². The van der Waals surface area contributed by atoms with Crippen LogP contribution in [0.5, 0.6) is 0 Å². The standard InChI is InChI=1S/C21H17NO/c23-21-17-13-7-8-14-18(17)22-20(16-11-5-2-6-12-16)19(21)15-9-3-1-4-10-15/h1-14,19-20,22H/t19-,20-/m0/s1. The zero-order valence-corrected chi connectivity index (χ0v) is 12.6. The smallest absolute Gasteiger partial charge is 0.174 e. The molecule has 0 amide bonds. The zero-order chi connectivity index (χ0) is 15.6. The highest BCUT2D eigenvalue weighted by Gasteiger charge is 2.36. The molecule has 1 aliphatic heterocycles. The molecule has 1 N–H and O–H groups in total. The van der Waals surface area contributed by atoms with Crippen molar-refractivity contribution in [1.29, 1.82) is 0 Å². The summed E-state index contributed by atoms with van der Waals surface area (Å²) in [7, 11) is 0. The monoisotopic (exact) mass is 299 g/mol. The maximum atomic E-state index is 13.2. The van der Waals surface area contributed by atoms with Crippen molar-refractivity contribution in [2.45, 2.75) is 12.0 Å². The van der Waals surface area contributed by atoms with Gasteiger partial charge in [-0.3, -0.25) is 4.79 Å². The van der Waals surface area contributed by atoms with Gasteiger partial charge in [0.1, 0.15) is 0 Å². The van der Waals surface area contributed by atoms with Gasteiger partial charge in [-0.1, -0.05) is 72.8 Å². The zero-order valence-electron chi connectivity index (χ0n) is 12.6. The Morgan fingerprint density at radius 2 is 1.22 bits per heavy atom. The van der Waals surface area contributed by atoms with Crippen LogP contribution in [-0.2, 0) is 0 Å². The summed E-state index contributed by atoms with van der Waals surface area (Å²) in [4.78, 5) is 13.2. The minimum atomic E-state index is -0.214. The van der Waals surface area contributed by atoms with Crippen molar-refractivity contribution in [2.75, 3.05) is 5.32 Å². The lowest BCUT2D eigenvalue weighted by Gasteiger charge is -2.34. The number of rotatable bonds is 2. The van der Waals surface area contributed by atoms with E-state index in [1.54, 1.807) is 0 Å². The molecule has 23 heavy (non-hydrogen) atoms. The number of hydrogen-bond acceptors (Lipinski definition) is 2. The number of anilines is 1. The van der Waals surface area contributed by atoms with Gasteiger partial charge in [0.2, 0.25) is 0 Å². The van der Waals surface area contributed by atoms with Crippen LogP contribution in [0.25, 0.3) is 0 Å². The second-order valence-electron chi connectivity index (χ2n) is 5.83. The molecule has 0 saturated carbocycles. The lowest BCUT2D eigenvalue weighted by Crippen LogP contribution is -2.31. The lowest BCUT2D eigenvalue weighted by atomic mass is 9.78. The number of nitrogens with one attached hydrogen (secondary N) is 1. The molecule has 1 heterocycles. The third kappa shape index (κ3) is 2.42. The van der Waals surface area contributed by atoms with Crippen molar-refractivity contribution in [3.63, 3.8) is 0 Å². The molecule has 0 fully saturated rings. The number of fused-ring (bicyclic) bond motifs is 1. The second kappa shape index (κ2) is 5.73. The van der Waals surface area contributed by atoms with Gasteiger partial charge in [0.25, 0.3) is 0 Å². The van der Waals surface area contributed by atoms with Gasteiger partial charge in [-0.2, -0.15) is 0 Å². The molecule has 2 heteroatoms. The number of benzene rings is 3. The average molecular weight is 299 g/mol. The van der Waals surface area contributed by atoms with E-state index >= 15 is 0 Å². The molecular weight excluding hydrogens is 282 g/mol. The molecule has 3 aromatic carbocycles. The Hall–Kier alpha value is -2.87. The van der Waals surface area contributed by atoms with Crippen LogP contribution in [-0.4, -0.2) is 5.78 Å². The summed E-state index contributed by atoms with van der Waals surface area (Å²) >= 11 is 0. The first-order chi connectivity index (χ1) is 11.3. The maximum Gasteiger partial charge on any atom is 0.174 e. The van der Waals surface area contributed by atoms with Crippen LogP contribution in [0.1, 0.15) is 33.4 Å². The quantitative estimate of drug-likeness (QED) is 0.735. The van der Waals surface area contributed by atoms with Crippen molar-refractivity contribution in [1.82, 2.24) is 0 Å². The van der Waals surface area contributed by atoms with Gasteiger partial charge in [-0.15, -0.1) is 0 Å². The molecule has 3 aromatic rings. The molecule has 0 saturated heterocycles. The number of hydrogen-bond donors (Lipinski definition) is 1. The minimum absolute atomic E-state index is 0.0546. The Bertz CT molecular complexity index is 827. The van der Waals surface area contributed by atoms with Crippen molar-refractivity contribution in [3.8, 4) is 0 Å². The van der Waals surface area contributed by atoms with Crippen molar-refractivity contribution >= 4 is 11.5 Å². The van der Waals surface area contributed by atoms with Gasteiger partial charge in [0.15, 0.2) is 5.78 Å². The highest BCUT2D eigenvalue weighted by Crippen LogP contribution is 2.42. The summed E-state index contributed by atoms with van der Waals surface area (Å²) in [5, 5.41) is 3.57. The van der Waals surface area contributed by atoms with Gasteiger partial charge >= 0.3 is 0 Å². The third-order valence-electron chi connectivity index (χ3n) is 4.44. The lowest BCUT2D eigenvalue weighted by molar-refractivity contribution is 0.0945. The molecule has 0 aromatic heterocycles. The summed E-state index contributed by atoms with van der Waals surface area (Å²) in [6.07, 6.45) is 0. The molecule has 0 bridgehead atoms. The van der Waals surface area contributed by atoms with E-state index in [1.807, 2.05) is 72.8 Å². The van der Waals surface area contributed by atoms with Crippen molar-refractivity contribution < 1.29 is 4.79 Å². The van der Waals surface area contributed by atoms with Crippen LogP contribution in [0.15, 0.2) is 84.9 Å². The number of ketones is 1. The van der Waals surface area contributed by atoms with Crippen molar-refractivity contribution in [2.24, 2.45) is 0 Å². The van der Waals surface area contributed by atoms with E-state index in [0.717, 1.165) is 22.4 Å². The molecule has 2 nitrogen and oxygen atoms in total. The van der Waals surface area contributed by atoms with Crippen molar-refractivity contribution in [3.05, 3.63) is 102 Å². The summed E-state index contributed by atoms with van der Waals surface area (Å²) < 4.78 is 0. The Balaban J connectivity index is 1.87. The largest absolute Gasteiger partial charge is 0.377 e. The first-order valence-corrected chi connectivity index (χ1v) is 7.84. The van der Waals surface area contributed by atoms with E-state index in [9.17, 15) is 4.79 Å². The van der Waals surface area contributed by atoms with Gasteiger partial charge in [-0.25, -0.2) is 0 Å². The van der Waals surface area contributed by atoms with Gasteiger partial charge in [0.05, 0.1) is 12.0 Å². The van der Waals surface area contributed by atoms with E-state index < -0.39 is 0 Å². The van der Waals surface area contributed by atoms with E-state index in [2.05, 4.69) is 17.4 Å². The van der Waals surface area contributed by atoms with E-state index in [-0.39, 0.29) is 17.7 Å². The molecule has 1 aliphatic rings. The number of carbonyl (C=O) groups excluding carboxylic acids is 1. The minimum Gasteiger partial charge on any atom is -0.377 e. The molecule has 0 unspecified atom stereocenters. The molecule has 0 radical (unpaired) electrons. The number of para-hydroxylation sites is 1. The van der Waals surface area contributed by atoms with Gasteiger partial charge in [-0.05, 0) is 23.3 Å². The fourth-order valence-corrected chi connectivity index (χ4v) is 3.33. The van der Waals surface area contributed by atoms with E-state index in [1.165, 1.54) is 0 Å². The van der Waals surface area contributed by atoms with Crippen LogP contribution in [0.4, 0.5) is 5.69 Å². The number of Topliss-reactive ketones (excluding diaryl/α,β-unsaturated/α-hetero) is 1. The topological polar surface area (TPSA) is 29.1 Å². The molecular formula is C21H17NO. The maximum absolute atomic E-state index is 13.2. The predicted molar refractivity (Wildman–Crippen MR) is 92.8 cm³/mol. The molecule has 0 spiro atoms. The van der Waals surface area contributed by atoms with Crippen LogP contribution in [0.2, 0.25) is 0 Å². The molecule has 2 atom stereocenters. The van der Waals surface area contributed by atoms with Crippen LogP contribution >= 0.6 is 0 Å². The highest BCUT2D eigenvalue weighted by atomic mass is 16.1. The van der Waals surface area contributed by atoms with Gasteiger partial charge < -0.3 is 5.32 Å². The SMILES string of the molecule is O=C1c2ccccc2N[C@@H](c2ccccc2)[C@@H]1c1ccccc1. The summed E-state index contributed by atoms with van der Waals surface area (Å²) in [6.45, 7) is 0. The van der Waals surface area contributed by atoms with E-state index in [0.29, 0.717) is 0 Å².